The summed E-state index contributed by atoms with van der Waals surface area (Å²) in [6, 6.07) is 6.52. The van der Waals surface area contributed by atoms with Crippen molar-refractivity contribution in [3.63, 3.8) is 0 Å². The molecule has 0 amide bonds. The van der Waals surface area contributed by atoms with Crippen molar-refractivity contribution in [1.82, 2.24) is 15.6 Å². The van der Waals surface area contributed by atoms with Gasteiger partial charge >= 0.3 is 0 Å². The van der Waals surface area contributed by atoms with Crippen LogP contribution in [0.2, 0.25) is 0 Å². The Kier molecular flexibility index (Phi) is 9.20. The zero-order valence-corrected chi connectivity index (χ0v) is 18.7. The van der Waals surface area contributed by atoms with Gasteiger partial charge in [-0.1, -0.05) is 6.07 Å². The van der Waals surface area contributed by atoms with Crippen LogP contribution in [0.1, 0.15) is 21.8 Å². The number of hydrogen-bond acceptors (Lipinski definition) is 4. The number of aryl methyl sites for hydroxylation is 2. The highest BCUT2D eigenvalue weighted by molar-refractivity contribution is 14.0. The Morgan fingerprint density at radius 3 is 2.56 bits per heavy atom. The minimum atomic E-state index is 0. The predicted molar refractivity (Wildman–Crippen MR) is 120 cm³/mol. The number of anilines is 1. The lowest BCUT2D eigenvalue weighted by Crippen LogP contribution is -2.38. The van der Waals surface area contributed by atoms with Crippen LogP contribution in [0.4, 0.5) is 5.69 Å². The first-order chi connectivity index (χ1) is 11.5. The van der Waals surface area contributed by atoms with Crippen LogP contribution in [-0.2, 0) is 13.0 Å². The van der Waals surface area contributed by atoms with Gasteiger partial charge in [0.1, 0.15) is 0 Å². The molecular formula is C18H28IN5S. The van der Waals surface area contributed by atoms with E-state index >= 15 is 0 Å². The van der Waals surface area contributed by atoms with E-state index in [-0.39, 0.29) is 24.0 Å². The zero-order chi connectivity index (χ0) is 17.5. The fourth-order valence-corrected chi connectivity index (χ4v) is 3.04. The smallest absolute Gasteiger partial charge is 0.191 e. The average Bonchev–Trinajstić information content (AvgIpc) is 2.96. The minimum absolute atomic E-state index is 0. The molecule has 0 radical (unpaired) electrons. The summed E-state index contributed by atoms with van der Waals surface area (Å²) >= 11 is 1.69. The van der Waals surface area contributed by atoms with Gasteiger partial charge in [0.05, 0.1) is 10.7 Å². The van der Waals surface area contributed by atoms with Crippen LogP contribution in [-0.4, -0.2) is 38.6 Å². The van der Waals surface area contributed by atoms with E-state index in [9.17, 15) is 0 Å². The molecule has 0 unspecified atom stereocenters. The van der Waals surface area contributed by atoms with Gasteiger partial charge in [0.2, 0.25) is 0 Å². The predicted octanol–water partition coefficient (Wildman–Crippen LogP) is 3.35. The molecule has 0 aliphatic heterocycles. The molecule has 0 bridgehead atoms. The van der Waals surface area contributed by atoms with E-state index in [0.29, 0.717) is 0 Å². The van der Waals surface area contributed by atoms with E-state index in [1.807, 2.05) is 6.92 Å². The summed E-state index contributed by atoms with van der Waals surface area (Å²) < 4.78 is 0. The van der Waals surface area contributed by atoms with Crippen molar-refractivity contribution < 1.29 is 0 Å². The fraction of sp³-hybridized carbons (Fsp3) is 0.444. The normalized spacial score (nSPS) is 11.0. The first-order valence-corrected chi connectivity index (χ1v) is 9.00. The number of nitrogens with one attached hydrogen (secondary N) is 2. The minimum Gasteiger partial charge on any atom is -0.378 e. The second-order valence-electron chi connectivity index (χ2n) is 5.97. The lowest BCUT2D eigenvalue weighted by Gasteiger charge is -2.16. The number of aromatic nitrogens is 1. The van der Waals surface area contributed by atoms with Crippen molar-refractivity contribution in [2.75, 3.05) is 32.6 Å². The third-order valence-corrected chi connectivity index (χ3v) is 4.67. The van der Waals surface area contributed by atoms with E-state index in [1.165, 1.54) is 16.8 Å². The topological polar surface area (TPSA) is 52.6 Å². The highest BCUT2D eigenvalue weighted by atomic mass is 127. The molecule has 1 heterocycles. The first-order valence-electron chi connectivity index (χ1n) is 8.12. The van der Waals surface area contributed by atoms with Crippen LogP contribution >= 0.6 is 35.3 Å². The Morgan fingerprint density at radius 1 is 1.24 bits per heavy atom. The van der Waals surface area contributed by atoms with Crippen LogP contribution in [0.3, 0.4) is 0 Å². The van der Waals surface area contributed by atoms with Crippen molar-refractivity contribution in [3.05, 3.63) is 45.4 Å². The third kappa shape index (κ3) is 6.81. The highest BCUT2D eigenvalue weighted by Crippen LogP contribution is 2.17. The monoisotopic (exact) mass is 473 g/mol. The van der Waals surface area contributed by atoms with E-state index < -0.39 is 0 Å². The molecule has 0 saturated carbocycles. The summed E-state index contributed by atoms with van der Waals surface area (Å²) in [5.41, 5.74) is 4.91. The number of rotatable bonds is 6. The Bertz CT molecular complexity index is 697. The third-order valence-electron chi connectivity index (χ3n) is 3.85. The summed E-state index contributed by atoms with van der Waals surface area (Å²) in [5.74, 6) is 0.818. The SMILES string of the molecule is CN=C(NCCc1csc(C)n1)NCc1ccc(N(C)C)cc1C.I. The molecule has 0 atom stereocenters. The maximum Gasteiger partial charge on any atom is 0.191 e. The molecule has 25 heavy (non-hydrogen) atoms. The number of aliphatic imine (C=N–C) groups is 1. The number of benzene rings is 1. The molecule has 1 aromatic heterocycles. The van der Waals surface area contributed by atoms with Gasteiger partial charge in [0.25, 0.3) is 0 Å². The highest BCUT2D eigenvalue weighted by Gasteiger charge is 2.04. The Balaban J connectivity index is 0.00000312. The van der Waals surface area contributed by atoms with Crippen LogP contribution in [0.5, 0.6) is 0 Å². The van der Waals surface area contributed by atoms with E-state index in [1.54, 1.807) is 18.4 Å². The van der Waals surface area contributed by atoms with Gasteiger partial charge in [-0.15, -0.1) is 35.3 Å². The van der Waals surface area contributed by atoms with Crippen molar-refractivity contribution in [1.29, 1.82) is 0 Å². The van der Waals surface area contributed by atoms with Crippen LogP contribution in [0.15, 0.2) is 28.6 Å². The van der Waals surface area contributed by atoms with E-state index in [4.69, 9.17) is 0 Å². The molecule has 0 fully saturated rings. The molecular weight excluding hydrogens is 445 g/mol. The Hall–Kier alpha value is -1.35. The lowest BCUT2D eigenvalue weighted by molar-refractivity contribution is 0.784. The summed E-state index contributed by atoms with van der Waals surface area (Å²) in [6.45, 7) is 5.76. The van der Waals surface area contributed by atoms with Gasteiger partial charge in [0, 0.05) is 51.7 Å². The molecule has 0 saturated heterocycles. The van der Waals surface area contributed by atoms with Crippen LogP contribution in [0, 0.1) is 13.8 Å². The lowest BCUT2D eigenvalue weighted by atomic mass is 10.1. The van der Waals surface area contributed by atoms with Crippen molar-refractivity contribution in [2.24, 2.45) is 4.99 Å². The molecule has 0 spiro atoms. The van der Waals surface area contributed by atoms with E-state index in [0.717, 1.165) is 36.2 Å². The molecule has 2 aromatic rings. The van der Waals surface area contributed by atoms with Gasteiger partial charge in [-0.3, -0.25) is 4.99 Å². The summed E-state index contributed by atoms with van der Waals surface area (Å²) in [5, 5.41) is 9.94. The number of guanidine groups is 1. The molecule has 5 nitrogen and oxygen atoms in total. The van der Waals surface area contributed by atoms with Gasteiger partial charge in [0.15, 0.2) is 5.96 Å². The second kappa shape index (κ2) is 10.6. The van der Waals surface area contributed by atoms with Crippen LogP contribution < -0.4 is 15.5 Å². The van der Waals surface area contributed by atoms with Gasteiger partial charge < -0.3 is 15.5 Å². The Labute approximate surface area is 172 Å². The van der Waals surface area contributed by atoms with Crippen LogP contribution in [0.25, 0.3) is 0 Å². The van der Waals surface area contributed by atoms with Crippen molar-refractivity contribution in [2.45, 2.75) is 26.8 Å². The molecule has 138 valence electrons. The van der Waals surface area contributed by atoms with Gasteiger partial charge in [-0.05, 0) is 37.1 Å². The molecule has 2 N–H and O–H groups in total. The van der Waals surface area contributed by atoms with Crippen molar-refractivity contribution >= 4 is 47.0 Å². The average molecular weight is 473 g/mol. The van der Waals surface area contributed by atoms with Gasteiger partial charge in [-0.25, -0.2) is 4.98 Å². The fourth-order valence-electron chi connectivity index (χ4n) is 2.39. The largest absolute Gasteiger partial charge is 0.378 e. The molecule has 0 aliphatic rings. The zero-order valence-electron chi connectivity index (χ0n) is 15.6. The first kappa shape index (κ1) is 21.7. The molecule has 0 aliphatic carbocycles. The summed E-state index contributed by atoms with van der Waals surface area (Å²) in [6.07, 6.45) is 0.904. The van der Waals surface area contributed by atoms with Crippen molar-refractivity contribution in [3.8, 4) is 0 Å². The second-order valence-corrected chi connectivity index (χ2v) is 7.03. The van der Waals surface area contributed by atoms with E-state index in [2.05, 4.69) is 70.1 Å². The standard InChI is InChI=1S/C18H27N5S.HI/c1-13-10-17(23(4)5)7-6-15(13)11-21-18(19-3)20-9-8-16-12-24-14(2)22-16;/h6-7,10,12H,8-9,11H2,1-5H3,(H2,19,20,21);1H. The number of nitrogens with zero attached hydrogens (tertiary/aromatic N) is 3. The quantitative estimate of drug-likeness (QED) is 0.384. The van der Waals surface area contributed by atoms with Gasteiger partial charge in [-0.2, -0.15) is 0 Å². The molecule has 7 heteroatoms. The molecule has 2 rings (SSSR count). The summed E-state index contributed by atoms with van der Waals surface area (Å²) in [7, 11) is 5.91. The number of halogens is 1. The summed E-state index contributed by atoms with van der Waals surface area (Å²) in [4.78, 5) is 10.9. The molecule has 1 aromatic carbocycles. The number of hydrogen-bond donors (Lipinski definition) is 2. The Morgan fingerprint density at radius 2 is 2.00 bits per heavy atom. The maximum atomic E-state index is 4.48. The maximum absolute atomic E-state index is 4.48. The number of thiazole rings is 1.